The quantitative estimate of drug-likeness (QED) is 0.794. The zero-order valence-electron chi connectivity index (χ0n) is 11.1. The molecule has 8 heteroatoms. The molecule has 2 aromatic rings. The standard InChI is InChI=1S/C13H13NO6S/c1-2-10(13(16)17)14-21(18,19)9-4-5-11-8(7-9)3-6-12(15)20-11/h3-7,10,14H,2H2,1H3,(H,16,17)/t10-/m0/s1. The molecule has 1 heterocycles. The predicted molar refractivity (Wildman–Crippen MR) is 74.5 cm³/mol. The summed E-state index contributed by atoms with van der Waals surface area (Å²) in [7, 11) is -3.97. The lowest BCUT2D eigenvalue weighted by Crippen LogP contribution is -2.40. The molecule has 2 rings (SSSR count). The van der Waals surface area contributed by atoms with Crippen molar-refractivity contribution in [2.75, 3.05) is 0 Å². The lowest BCUT2D eigenvalue weighted by atomic mass is 10.2. The molecule has 0 radical (unpaired) electrons. The van der Waals surface area contributed by atoms with Crippen LogP contribution in [-0.4, -0.2) is 25.5 Å². The van der Waals surface area contributed by atoms with Crippen molar-refractivity contribution >= 4 is 27.0 Å². The maximum atomic E-state index is 12.1. The van der Waals surface area contributed by atoms with E-state index in [1.807, 2.05) is 0 Å². The Labute approximate surface area is 120 Å². The molecule has 0 saturated heterocycles. The van der Waals surface area contributed by atoms with Crippen molar-refractivity contribution in [2.45, 2.75) is 24.3 Å². The molecule has 1 aromatic carbocycles. The van der Waals surface area contributed by atoms with Crippen molar-refractivity contribution in [3.8, 4) is 0 Å². The summed E-state index contributed by atoms with van der Waals surface area (Å²) in [5.74, 6) is -1.24. The Morgan fingerprint density at radius 2 is 2.05 bits per heavy atom. The monoisotopic (exact) mass is 311 g/mol. The van der Waals surface area contributed by atoms with Gasteiger partial charge in [0, 0.05) is 11.5 Å². The first-order chi connectivity index (χ1) is 9.83. The van der Waals surface area contributed by atoms with Gasteiger partial charge in [-0.3, -0.25) is 4.79 Å². The van der Waals surface area contributed by atoms with Gasteiger partial charge in [-0.05, 0) is 30.7 Å². The number of carboxylic acids is 1. The van der Waals surface area contributed by atoms with Crippen LogP contribution in [0.25, 0.3) is 11.0 Å². The van der Waals surface area contributed by atoms with E-state index in [1.165, 1.54) is 30.3 Å². The SMILES string of the molecule is CC[C@H](NS(=O)(=O)c1ccc2oc(=O)ccc2c1)C(=O)O. The molecule has 0 spiro atoms. The van der Waals surface area contributed by atoms with Gasteiger partial charge in [0.25, 0.3) is 0 Å². The van der Waals surface area contributed by atoms with Crippen LogP contribution in [0.4, 0.5) is 0 Å². The van der Waals surface area contributed by atoms with Crippen LogP contribution in [0.15, 0.2) is 44.4 Å². The normalized spacial score (nSPS) is 13.2. The average Bonchev–Trinajstić information content (AvgIpc) is 2.43. The summed E-state index contributed by atoms with van der Waals surface area (Å²) in [5.41, 5.74) is -0.278. The number of nitrogens with one attached hydrogen (secondary N) is 1. The highest BCUT2D eigenvalue weighted by Gasteiger charge is 2.24. The Bertz CT molecular complexity index is 839. The number of carbonyl (C=O) groups is 1. The van der Waals surface area contributed by atoms with E-state index >= 15 is 0 Å². The van der Waals surface area contributed by atoms with E-state index in [1.54, 1.807) is 6.92 Å². The summed E-state index contributed by atoms with van der Waals surface area (Å²) in [6.45, 7) is 1.57. The van der Waals surface area contributed by atoms with Gasteiger partial charge in [0.15, 0.2) is 0 Å². The number of sulfonamides is 1. The molecule has 112 valence electrons. The maximum Gasteiger partial charge on any atom is 0.336 e. The van der Waals surface area contributed by atoms with E-state index in [-0.39, 0.29) is 16.9 Å². The molecule has 0 aliphatic rings. The molecule has 0 unspecified atom stereocenters. The van der Waals surface area contributed by atoms with Crippen molar-refractivity contribution in [3.63, 3.8) is 0 Å². The van der Waals surface area contributed by atoms with E-state index in [0.29, 0.717) is 5.39 Å². The van der Waals surface area contributed by atoms with Gasteiger partial charge in [-0.15, -0.1) is 0 Å². The number of carboxylic acid groups (broad SMARTS) is 1. The first kappa shape index (κ1) is 15.2. The van der Waals surface area contributed by atoms with Crippen LogP contribution < -0.4 is 10.3 Å². The Hall–Kier alpha value is -2.19. The van der Waals surface area contributed by atoms with E-state index in [2.05, 4.69) is 4.72 Å². The van der Waals surface area contributed by atoms with Gasteiger partial charge in [-0.25, -0.2) is 13.2 Å². The number of aliphatic carboxylic acids is 1. The van der Waals surface area contributed by atoms with E-state index in [9.17, 15) is 18.0 Å². The third kappa shape index (κ3) is 3.29. The van der Waals surface area contributed by atoms with Crippen molar-refractivity contribution in [2.24, 2.45) is 0 Å². The molecule has 7 nitrogen and oxygen atoms in total. The zero-order valence-corrected chi connectivity index (χ0v) is 11.9. The minimum absolute atomic E-state index is 0.0939. The predicted octanol–water partition coefficient (Wildman–Crippen LogP) is 0.935. The lowest BCUT2D eigenvalue weighted by molar-refractivity contribution is -0.139. The molecule has 0 fully saturated rings. The molecule has 0 bridgehead atoms. The number of fused-ring (bicyclic) bond motifs is 1. The van der Waals surface area contributed by atoms with Crippen LogP contribution in [0.5, 0.6) is 0 Å². The van der Waals surface area contributed by atoms with Crippen LogP contribution >= 0.6 is 0 Å². The molecular formula is C13H13NO6S. The highest BCUT2D eigenvalue weighted by Crippen LogP contribution is 2.18. The first-order valence-electron chi connectivity index (χ1n) is 6.12. The number of hydrogen-bond donors (Lipinski definition) is 2. The lowest BCUT2D eigenvalue weighted by Gasteiger charge is -2.13. The van der Waals surface area contributed by atoms with Crippen LogP contribution in [-0.2, 0) is 14.8 Å². The van der Waals surface area contributed by atoms with Crippen molar-refractivity contribution in [3.05, 3.63) is 40.8 Å². The molecule has 2 N–H and O–H groups in total. The van der Waals surface area contributed by atoms with Crippen molar-refractivity contribution < 1.29 is 22.7 Å². The summed E-state index contributed by atoms with van der Waals surface area (Å²) in [6.07, 6.45) is 0.122. The third-order valence-electron chi connectivity index (χ3n) is 2.90. The van der Waals surface area contributed by atoms with Gasteiger partial charge in [0.2, 0.25) is 10.0 Å². The second-order valence-electron chi connectivity index (χ2n) is 4.37. The molecule has 0 aliphatic heterocycles. The Balaban J connectivity index is 2.42. The topological polar surface area (TPSA) is 114 Å². The zero-order chi connectivity index (χ0) is 15.6. The Kier molecular flexibility index (Phi) is 4.10. The fraction of sp³-hybridized carbons (Fsp3) is 0.231. The van der Waals surface area contributed by atoms with Gasteiger partial charge in [-0.1, -0.05) is 6.92 Å². The third-order valence-corrected chi connectivity index (χ3v) is 4.37. The number of rotatable bonds is 5. The van der Waals surface area contributed by atoms with Crippen LogP contribution in [0.1, 0.15) is 13.3 Å². The fourth-order valence-electron chi connectivity index (χ4n) is 1.78. The van der Waals surface area contributed by atoms with Crippen molar-refractivity contribution in [1.29, 1.82) is 0 Å². The Morgan fingerprint density at radius 1 is 1.33 bits per heavy atom. The van der Waals surface area contributed by atoms with Gasteiger partial charge in [0.05, 0.1) is 4.90 Å². The summed E-state index contributed by atoms with van der Waals surface area (Å²) in [4.78, 5) is 21.9. The highest BCUT2D eigenvalue weighted by atomic mass is 32.2. The van der Waals surface area contributed by atoms with Gasteiger partial charge in [-0.2, -0.15) is 4.72 Å². The molecule has 1 aromatic heterocycles. The van der Waals surface area contributed by atoms with E-state index in [4.69, 9.17) is 9.52 Å². The minimum atomic E-state index is -3.97. The average molecular weight is 311 g/mol. The van der Waals surface area contributed by atoms with Crippen LogP contribution in [0.2, 0.25) is 0 Å². The van der Waals surface area contributed by atoms with Crippen LogP contribution in [0.3, 0.4) is 0 Å². The summed E-state index contributed by atoms with van der Waals surface area (Å²) in [5, 5.41) is 9.34. The molecular weight excluding hydrogens is 298 g/mol. The number of hydrogen-bond acceptors (Lipinski definition) is 5. The molecule has 0 saturated carbocycles. The second-order valence-corrected chi connectivity index (χ2v) is 6.09. The van der Waals surface area contributed by atoms with Crippen molar-refractivity contribution in [1.82, 2.24) is 4.72 Å². The molecule has 0 aliphatic carbocycles. The molecule has 21 heavy (non-hydrogen) atoms. The Morgan fingerprint density at radius 3 is 2.67 bits per heavy atom. The molecule has 1 atom stereocenters. The largest absolute Gasteiger partial charge is 0.480 e. The van der Waals surface area contributed by atoms with Gasteiger partial charge < -0.3 is 9.52 Å². The van der Waals surface area contributed by atoms with E-state index < -0.39 is 27.7 Å². The van der Waals surface area contributed by atoms with Crippen LogP contribution in [0, 0.1) is 0 Å². The molecule has 0 amide bonds. The first-order valence-corrected chi connectivity index (χ1v) is 7.61. The number of benzene rings is 1. The smallest absolute Gasteiger partial charge is 0.336 e. The minimum Gasteiger partial charge on any atom is -0.480 e. The highest BCUT2D eigenvalue weighted by molar-refractivity contribution is 7.89. The van der Waals surface area contributed by atoms with E-state index in [0.717, 1.165) is 0 Å². The van der Waals surface area contributed by atoms with Gasteiger partial charge in [0.1, 0.15) is 11.6 Å². The van der Waals surface area contributed by atoms with Gasteiger partial charge >= 0.3 is 11.6 Å². The maximum absolute atomic E-state index is 12.1. The fourth-order valence-corrected chi connectivity index (χ4v) is 3.09. The summed E-state index contributed by atoms with van der Waals surface area (Å²) >= 11 is 0. The summed E-state index contributed by atoms with van der Waals surface area (Å²) in [6, 6.07) is 5.34. The summed E-state index contributed by atoms with van der Waals surface area (Å²) < 4.78 is 31.3. The second kappa shape index (κ2) is 5.66.